The predicted molar refractivity (Wildman–Crippen MR) is 125 cm³/mol. The highest BCUT2D eigenvalue weighted by Gasteiger charge is 2.48. The zero-order valence-corrected chi connectivity index (χ0v) is 20.2. The lowest BCUT2D eigenvalue weighted by atomic mass is 9.98. The van der Waals surface area contributed by atoms with E-state index in [4.69, 9.17) is 18.9 Å². The van der Waals surface area contributed by atoms with Crippen molar-refractivity contribution in [2.24, 2.45) is 0 Å². The Labute approximate surface area is 216 Å². The summed E-state index contributed by atoms with van der Waals surface area (Å²) in [5.74, 6) is 0.187. The largest absolute Gasteiger partial charge is 0.459 e. The van der Waals surface area contributed by atoms with E-state index in [0.717, 1.165) is 0 Å². The first kappa shape index (κ1) is 27.2. The maximum Gasteiger partial charge on any atom is 0.229 e. The van der Waals surface area contributed by atoms with Crippen LogP contribution in [0.1, 0.15) is 24.6 Å². The van der Waals surface area contributed by atoms with Gasteiger partial charge in [-0.2, -0.15) is 0 Å². The van der Waals surface area contributed by atoms with Gasteiger partial charge >= 0.3 is 0 Å². The van der Waals surface area contributed by atoms with Gasteiger partial charge in [-0.15, -0.1) is 0 Å². The molecule has 3 aliphatic rings. The van der Waals surface area contributed by atoms with E-state index in [1.807, 2.05) is 12.1 Å². The average Bonchev–Trinajstić information content (AvgIpc) is 3.51. The molecule has 0 radical (unpaired) electrons. The molecule has 14 nitrogen and oxygen atoms in total. The van der Waals surface area contributed by atoms with Gasteiger partial charge in [0.15, 0.2) is 12.0 Å². The molecule has 14 heteroatoms. The summed E-state index contributed by atoms with van der Waals surface area (Å²) in [4.78, 5) is 15.1. The number of nitrogens with one attached hydrogen (secondary N) is 2. The third kappa shape index (κ3) is 5.00. The van der Waals surface area contributed by atoms with Crippen LogP contribution in [0.25, 0.3) is 10.9 Å². The fraction of sp³-hybridized carbons (Fsp3) is 0.625. The van der Waals surface area contributed by atoms with Gasteiger partial charge in [0, 0.05) is 17.3 Å². The Morgan fingerprint density at radius 2 is 1.53 bits per heavy atom. The van der Waals surface area contributed by atoms with Gasteiger partial charge in [0.25, 0.3) is 0 Å². The molecule has 1 aromatic carbocycles. The molecule has 5 rings (SSSR count). The summed E-state index contributed by atoms with van der Waals surface area (Å²) in [6.45, 7) is -1.13. The number of aromatic nitrogens is 1. The summed E-state index contributed by atoms with van der Waals surface area (Å²) in [6.07, 6.45) is -14.5. The second-order valence-electron chi connectivity index (χ2n) is 9.74. The van der Waals surface area contributed by atoms with E-state index in [9.17, 15) is 40.5 Å². The van der Waals surface area contributed by atoms with E-state index in [1.165, 1.54) is 0 Å². The van der Waals surface area contributed by atoms with Crippen molar-refractivity contribution in [3.05, 3.63) is 30.0 Å². The smallest absolute Gasteiger partial charge is 0.229 e. The number of aliphatic hydroxyl groups excluding tert-OH is 7. The number of aliphatic hydroxyl groups is 7. The Kier molecular flexibility index (Phi) is 7.89. The van der Waals surface area contributed by atoms with E-state index < -0.39 is 74.6 Å². The molecule has 0 bridgehead atoms. The molecule has 38 heavy (non-hydrogen) atoms. The number of amides is 1. The van der Waals surface area contributed by atoms with Gasteiger partial charge in [-0.25, -0.2) is 0 Å². The molecule has 210 valence electrons. The summed E-state index contributed by atoms with van der Waals surface area (Å²) in [7, 11) is 0. The highest BCUT2D eigenvalue weighted by Crippen LogP contribution is 2.39. The third-order valence-corrected chi connectivity index (χ3v) is 7.21. The maximum atomic E-state index is 11.8. The fourth-order valence-corrected chi connectivity index (χ4v) is 5.00. The molecule has 1 aromatic heterocycles. The molecular weight excluding hydrogens is 508 g/mol. The van der Waals surface area contributed by atoms with Crippen LogP contribution in [0.15, 0.2) is 24.3 Å². The lowest BCUT2D eigenvalue weighted by Crippen LogP contribution is -2.62. The number of ether oxygens (including phenoxy) is 4. The number of benzene rings is 1. The Morgan fingerprint density at radius 3 is 2.21 bits per heavy atom. The summed E-state index contributed by atoms with van der Waals surface area (Å²) in [5, 5.41) is 74.6. The molecule has 9 N–H and O–H groups in total. The van der Waals surface area contributed by atoms with Gasteiger partial charge in [0.1, 0.15) is 48.8 Å². The van der Waals surface area contributed by atoms with E-state index in [2.05, 4.69) is 10.3 Å². The van der Waals surface area contributed by atoms with Crippen molar-refractivity contribution in [3.8, 4) is 5.75 Å². The van der Waals surface area contributed by atoms with Crippen LogP contribution in [-0.2, 0) is 19.0 Å². The van der Waals surface area contributed by atoms with Gasteiger partial charge in [-0.1, -0.05) is 12.1 Å². The second-order valence-corrected chi connectivity index (χ2v) is 9.74. The van der Waals surface area contributed by atoms with Crippen LogP contribution in [0.2, 0.25) is 0 Å². The minimum absolute atomic E-state index is 0.113. The standard InChI is InChI=1S/C24H32N2O12/c27-7-12-16(29)18(31)20(33)23(36-12)35-8-13-17(30)19(32)21(34)24(37-13)38-22-9-3-1-2-4-10(9)26-15(22)11-5-6-14(28)25-11/h1-4,11-13,16-21,23-24,26-27,29-34H,5-8H2,(H,25,28)/t11?,12-,13-,16-,17-,18+,19+,20-,21-,23-,24+/m1/s1. The lowest BCUT2D eigenvalue weighted by molar-refractivity contribution is -0.323. The SMILES string of the molecule is O=C1CCC(c2[nH]c3ccccc3c2O[C@@H]2O[C@H](CO[C@@H]3O[C@H](CO)[C@@H](O)[C@H](O)[C@H]3O)[C@@H](O)[C@H](O)[C@H]2O)N1. The van der Waals surface area contributed by atoms with Crippen molar-refractivity contribution in [1.29, 1.82) is 0 Å². The Balaban J connectivity index is 1.33. The average molecular weight is 541 g/mol. The predicted octanol–water partition coefficient (Wildman–Crippen LogP) is -2.88. The van der Waals surface area contributed by atoms with Crippen LogP contribution in [0.5, 0.6) is 5.75 Å². The van der Waals surface area contributed by atoms with Crippen molar-refractivity contribution in [2.45, 2.75) is 80.3 Å². The molecule has 2 aromatic rings. The molecular formula is C24H32N2O12. The van der Waals surface area contributed by atoms with Crippen molar-refractivity contribution >= 4 is 16.8 Å². The minimum atomic E-state index is -1.70. The van der Waals surface area contributed by atoms with Crippen molar-refractivity contribution in [1.82, 2.24) is 10.3 Å². The number of aromatic amines is 1. The van der Waals surface area contributed by atoms with Gasteiger partial charge in [-0.05, 0) is 18.6 Å². The van der Waals surface area contributed by atoms with Gasteiger partial charge in [0.2, 0.25) is 12.2 Å². The van der Waals surface area contributed by atoms with Gasteiger partial charge in [0.05, 0.1) is 24.9 Å². The molecule has 0 spiro atoms. The molecule has 0 aliphatic carbocycles. The van der Waals surface area contributed by atoms with E-state index >= 15 is 0 Å². The lowest BCUT2D eigenvalue weighted by Gasteiger charge is -2.42. The first-order valence-corrected chi connectivity index (χ1v) is 12.4. The molecule has 3 saturated heterocycles. The highest BCUT2D eigenvalue weighted by molar-refractivity contribution is 5.89. The number of carbonyl (C=O) groups excluding carboxylic acids is 1. The molecule has 4 heterocycles. The molecule has 11 atom stereocenters. The topological polar surface area (TPSA) is 223 Å². The monoisotopic (exact) mass is 540 g/mol. The third-order valence-electron chi connectivity index (χ3n) is 7.21. The number of hydrogen-bond donors (Lipinski definition) is 9. The van der Waals surface area contributed by atoms with Crippen LogP contribution < -0.4 is 10.1 Å². The number of H-pyrrole nitrogens is 1. The van der Waals surface area contributed by atoms with Crippen LogP contribution >= 0.6 is 0 Å². The van der Waals surface area contributed by atoms with Gasteiger partial charge < -0.3 is 65.0 Å². The second kappa shape index (κ2) is 11.0. The van der Waals surface area contributed by atoms with Crippen molar-refractivity contribution < 1.29 is 59.5 Å². The van der Waals surface area contributed by atoms with Crippen molar-refractivity contribution in [2.75, 3.05) is 13.2 Å². The zero-order chi connectivity index (χ0) is 27.1. The minimum Gasteiger partial charge on any atom is -0.459 e. The van der Waals surface area contributed by atoms with Crippen LogP contribution in [0.3, 0.4) is 0 Å². The Morgan fingerprint density at radius 1 is 0.868 bits per heavy atom. The first-order chi connectivity index (χ1) is 18.2. The molecule has 1 amide bonds. The maximum absolute atomic E-state index is 11.8. The summed E-state index contributed by atoms with van der Waals surface area (Å²) in [6, 6.07) is 6.83. The highest BCUT2D eigenvalue weighted by atomic mass is 16.7. The summed E-state index contributed by atoms with van der Waals surface area (Å²) >= 11 is 0. The fourth-order valence-electron chi connectivity index (χ4n) is 5.00. The Hall–Kier alpha value is -2.37. The molecule has 0 saturated carbocycles. The van der Waals surface area contributed by atoms with E-state index in [1.54, 1.807) is 12.1 Å². The first-order valence-electron chi connectivity index (χ1n) is 12.4. The molecule has 3 fully saturated rings. The number of para-hydroxylation sites is 1. The number of fused-ring (bicyclic) bond motifs is 1. The normalized spacial score (nSPS) is 39.9. The molecule has 3 aliphatic heterocycles. The zero-order valence-electron chi connectivity index (χ0n) is 20.2. The van der Waals surface area contributed by atoms with Crippen LogP contribution in [-0.4, -0.2) is 121 Å². The van der Waals surface area contributed by atoms with Gasteiger partial charge in [-0.3, -0.25) is 4.79 Å². The number of hydrogen-bond acceptors (Lipinski definition) is 12. The van der Waals surface area contributed by atoms with Crippen LogP contribution in [0, 0.1) is 0 Å². The summed E-state index contributed by atoms with van der Waals surface area (Å²) < 4.78 is 22.6. The van der Waals surface area contributed by atoms with E-state index in [-0.39, 0.29) is 11.9 Å². The summed E-state index contributed by atoms with van der Waals surface area (Å²) in [5.41, 5.74) is 1.27. The quantitative estimate of drug-likeness (QED) is 0.173. The Bertz CT molecular complexity index is 1130. The molecule has 1 unspecified atom stereocenters. The number of rotatable bonds is 7. The van der Waals surface area contributed by atoms with Crippen molar-refractivity contribution in [3.63, 3.8) is 0 Å². The van der Waals surface area contributed by atoms with Crippen LogP contribution in [0.4, 0.5) is 0 Å². The van der Waals surface area contributed by atoms with E-state index in [0.29, 0.717) is 35.2 Å². The number of carbonyl (C=O) groups is 1.